The van der Waals surface area contributed by atoms with Gasteiger partial charge in [0.25, 0.3) is 0 Å². The summed E-state index contributed by atoms with van der Waals surface area (Å²) in [5.41, 5.74) is 1.01. The molecule has 0 spiro atoms. The summed E-state index contributed by atoms with van der Waals surface area (Å²) in [4.78, 5) is 13.9. The lowest BCUT2D eigenvalue weighted by atomic mass is 9.74. The van der Waals surface area contributed by atoms with Crippen LogP contribution in [0, 0.1) is 17.8 Å². The summed E-state index contributed by atoms with van der Waals surface area (Å²) < 4.78 is 5.46. The van der Waals surface area contributed by atoms with Crippen LogP contribution in [-0.2, 0) is 4.74 Å². The van der Waals surface area contributed by atoms with E-state index < -0.39 is 5.60 Å². The van der Waals surface area contributed by atoms with Gasteiger partial charge in [-0.1, -0.05) is 38.8 Å². The Balaban J connectivity index is 1.82. The van der Waals surface area contributed by atoms with E-state index in [2.05, 4.69) is 32.2 Å². The molecule has 0 bridgehead atoms. The minimum atomic E-state index is -0.424. The van der Waals surface area contributed by atoms with Crippen LogP contribution in [0.15, 0.2) is 11.6 Å². The molecule has 1 amide bonds. The zero-order chi connectivity index (χ0) is 18.6. The van der Waals surface area contributed by atoms with Crippen molar-refractivity contribution in [1.82, 2.24) is 10.2 Å². The van der Waals surface area contributed by atoms with E-state index >= 15 is 0 Å². The summed E-state index contributed by atoms with van der Waals surface area (Å²) in [7, 11) is 0. The number of carbonyl (C=O) groups excluding carboxylic acids is 1. The van der Waals surface area contributed by atoms with Crippen LogP contribution in [0.2, 0.25) is 0 Å². The number of hydrogen-bond donors (Lipinski definition) is 1. The maximum absolute atomic E-state index is 12.1. The van der Waals surface area contributed by atoms with Gasteiger partial charge in [-0.15, -0.1) is 0 Å². The van der Waals surface area contributed by atoms with Gasteiger partial charge in [0.1, 0.15) is 5.60 Å². The molecule has 2 aliphatic rings. The number of nitrogens with zero attached hydrogens (tertiary/aromatic N) is 1. The van der Waals surface area contributed by atoms with Gasteiger partial charge in [0.15, 0.2) is 0 Å². The zero-order valence-electron chi connectivity index (χ0n) is 17.1. The highest BCUT2D eigenvalue weighted by Gasteiger charge is 2.30. The topological polar surface area (TPSA) is 41.6 Å². The molecule has 4 heteroatoms. The van der Waals surface area contributed by atoms with E-state index in [1.807, 2.05) is 20.8 Å². The SMILES string of the molecule is CC1CCC(C(C)C)C(NCC2=CCN(C(=O)OC(C)(C)C)CC2)C1. The Morgan fingerprint density at radius 2 is 2.08 bits per heavy atom. The third-order valence-electron chi connectivity index (χ3n) is 5.57. The second-order valence-corrected chi connectivity index (χ2v) is 9.35. The van der Waals surface area contributed by atoms with E-state index in [4.69, 9.17) is 4.74 Å². The normalized spacial score (nSPS) is 28.0. The van der Waals surface area contributed by atoms with Crippen molar-refractivity contribution in [1.29, 1.82) is 0 Å². The van der Waals surface area contributed by atoms with Gasteiger partial charge in [0.05, 0.1) is 0 Å². The summed E-state index contributed by atoms with van der Waals surface area (Å²) in [6.45, 7) is 15.2. The third-order valence-corrected chi connectivity index (χ3v) is 5.57. The fourth-order valence-corrected chi connectivity index (χ4v) is 4.06. The molecule has 3 unspecified atom stereocenters. The first-order chi connectivity index (χ1) is 11.7. The Bertz CT molecular complexity index is 479. The van der Waals surface area contributed by atoms with E-state index in [9.17, 15) is 4.79 Å². The van der Waals surface area contributed by atoms with Crippen molar-refractivity contribution in [2.45, 2.75) is 78.9 Å². The summed E-state index contributed by atoms with van der Waals surface area (Å²) >= 11 is 0. The summed E-state index contributed by atoms with van der Waals surface area (Å²) in [5.74, 6) is 2.36. The molecule has 1 aliphatic carbocycles. The van der Waals surface area contributed by atoms with Crippen LogP contribution in [0.1, 0.15) is 67.2 Å². The van der Waals surface area contributed by atoms with Crippen LogP contribution < -0.4 is 5.32 Å². The Morgan fingerprint density at radius 3 is 2.64 bits per heavy atom. The molecule has 3 atom stereocenters. The number of amides is 1. The lowest BCUT2D eigenvalue weighted by Gasteiger charge is -2.38. The first kappa shape index (κ1) is 20.3. The van der Waals surface area contributed by atoms with Gasteiger partial charge in [-0.3, -0.25) is 0 Å². The summed E-state index contributed by atoms with van der Waals surface area (Å²) in [5, 5.41) is 3.83. The summed E-state index contributed by atoms with van der Waals surface area (Å²) in [6.07, 6.45) is 6.96. The molecule has 25 heavy (non-hydrogen) atoms. The first-order valence-electron chi connectivity index (χ1n) is 10.0. The Labute approximate surface area is 154 Å². The van der Waals surface area contributed by atoms with Gasteiger partial charge < -0.3 is 15.0 Å². The van der Waals surface area contributed by atoms with Crippen LogP contribution in [0.25, 0.3) is 0 Å². The molecule has 0 aromatic rings. The van der Waals surface area contributed by atoms with Crippen molar-refractivity contribution < 1.29 is 9.53 Å². The van der Waals surface area contributed by atoms with Crippen molar-refractivity contribution in [3.8, 4) is 0 Å². The van der Waals surface area contributed by atoms with E-state index in [1.165, 1.54) is 24.8 Å². The van der Waals surface area contributed by atoms with Gasteiger partial charge in [-0.25, -0.2) is 4.79 Å². The highest BCUT2D eigenvalue weighted by Crippen LogP contribution is 2.33. The molecule has 144 valence electrons. The highest BCUT2D eigenvalue weighted by atomic mass is 16.6. The largest absolute Gasteiger partial charge is 0.444 e. The molecule has 1 N–H and O–H groups in total. The standard InChI is InChI=1S/C21H38N2O2/c1-15(2)18-8-7-16(3)13-19(18)22-14-17-9-11-23(12-10-17)20(24)25-21(4,5)6/h9,15-16,18-19,22H,7-8,10-14H2,1-6H3. The number of rotatable bonds is 4. The molecule has 0 aromatic heterocycles. The van der Waals surface area contributed by atoms with Crippen molar-refractivity contribution >= 4 is 6.09 Å². The second-order valence-electron chi connectivity index (χ2n) is 9.35. The molecule has 2 rings (SSSR count). The molecular weight excluding hydrogens is 312 g/mol. The second kappa shape index (κ2) is 8.57. The minimum absolute atomic E-state index is 0.197. The lowest BCUT2D eigenvalue weighted by Crippen LogP contribution is -2.44. The molecule has 1 heterocycles. The average molecular weight is 351 g/mol. The molecule has 0 aromatic carbocycles. The van der Waals surface area contributed by atoms with E-state index in [0.717, 1.165) is 37.3 Å². The van der Waals surface area contributed by atoms with Crippen molar-refractivity contribution in [2.75, 3.05) is 19.6 Å². The van der Waals surface area contributed by atoms with Gasteiger partial charge in [0, 0.05) is 25.7 Å². The molecule has 1 aliphatic heterocycles. The summed E-state index contributed by atoms with van der Waals surface area (Å²) in [6, 6.07) is 0.633. The number of carbonyl (C=O) groups is 1. The Hall–Kier alpha value is -1.03. The monoisotopic (exact) mass is 350 g/mol. The van der Waals surface area contributed by atoms with Gasteiger partial charge in [-0.2, -0.15) is 0 Å². The quantitative estimate of drug-likeness (QED) is 0.753. The maximum Gasteiger partial charge on any atom is 0.410 e. The van der Waals surface area contributed by atoms with E-state index in [1.54, 1.807) is 4.90 Å². The molecule has 0 radical (unpaired) electrons. The van der Waals surface area contributed by atoms with Gasteiger partial charge >= 0.3 is 6.09 Å². The molecule has 1 fully saturated rings. The van der Waals surface area contributed by atoms with Crippen LogP contribution in [-0.4, -0.2) is 42.3 Å². The molecule has 4 nitrogen and oxygen atoms in total. The highest BCUT2D eigenvalue weighted by molar-refractivity contribution is 5.68. The van der Waals surface area contributed by atoms with Crippen molar-refractivity contribution in [3.63, 3.8) is 0 Å². The minimum Gasteiger partial charge on any atom is -0.444 e. The molecule has 1 saturated carbocycles. The Morgan fingerprint density at radius 1 is 1.36 bits per heavy atom. The maximum atomic E-state index is 12.1. The van der Waals surface area contributed by atoms with Crippen LogP contribution in [0.3, 0.4) is 0 Å². The number of ether oxygens (including phenoxy) is 1. The third kappa shape index (κ3) is 6.32. The molecule has 0 saturated heterocycles. The number of nitrogens with one attached hydrogen (secondary N) is 1. The Kier molecular flexibility index (Phi) is 6.95. The predicted molar refractivity (Wildman–Crippen MR) is 104 cm³/mol. The first-order valence-corrected chi connectivity index (χ1v) is 10.0. The van der Waals surface area contributed by atoms with Crippen LogP contribution in [0.5, 0.6) is 0 Å². The zero-order valence-corrected chi connectivity index (χ0v) is 17.1. The van der Waals surface area contributed by atoms with E-state index in [0.29, 0.717) is 12.6 Å². The smallest absolute Gasteiger partial charge is 0.410 e. The fourth-order valence-electron chi connectivity index (χ4n) is 4.06. The van der Waals surface area contributed by atoms with Gasteiger partial charge in [0.2, 0.25) is 0 Å². The molecular formula is C21H38N2O2. The van der Waals surface area contributed by atoms with Crippen LogP contribution >= 0.6 is 0 Å². The van der Waals surface area contributed by atoms with Gasteiger partial charge in [-0.05, 0) is 57.8 Å². The predicted octanol–water partition coefficient (Wildman–Crippen LogP) is 4.60. The number of hydrogen-bond acceptors (Lipinski definition) is 3. The van der Waals surface area contributed by atoms with E-state index in [-0.39, 0.29) is 6.09 Å². The lowest BCUT2D eigenvalue weighted by molar-refractivity contribution is 0.0265. The fraction of sp³-hybridized carbons (Fsp3) is 0.857. The van der Waals surface area contributed by atoms with Crippen molar-refractivity contribution in [3.05, 3.63) is 11.6 Å². The van der Waals surface area contributed by atoms with Crippen LogP contribution in [0.4, 0.5) is 4.79 Å². The van der Waals surface area contributed by atoms with Crippen molar-refractivity contribution in [2.24, 2.45) is 17.8 Å². The average Bonchev–Trinajstić information content (AvgIpc) is 2.51.